The zero-order valence-corrected chi connectivity index (χ0v) is 19.0. The Hall–Kier alpha value is -3.06. The maximum absolute atomic E-state index is 13.9. The first-order valence-electron chi connectivity index (χ1n) is 10.9. The minimum Gasteiger partial charge on any atom is -0.446 e. The molecule has 2 aromatic carbocycles. The Bertz CT molecular complexity index is 1050. The van der Waals surface area contributed by atoms with Crippen LogP contribution in [0.25, 0.3) is 10.4 Å². The molecule has 0 aromatic heterocycles. The molecule has 1 aliphatic heterocycles. The number of amides is 2. The molecule has 0 radical (unpaired) electrons. The number of hydrogen-bond donors (Lipinski definition) is 0. The van der Waals surface area contributed by atoms with Crippen LogP contribution in [0.1, 0.15) is 42.9 Å². The number of carbonyl (C=O) groups is 2. The van der Waals surface area contributed by atoms with Gasteiger partial charge < -0.3 is 9.47 Å². The van der Waals surface area contributed by atoms with Gasteiger partial charge in [0.05, 0.1) is 6.10 Å². The van der Waals surface area contributed by atoms with Crippen molar-refractivity contribution in [2.75, 3.05) is 13.7 Å². The molecule has 9 heteroatoms. The van der Waals surface area contributed by atoms with E-state index in [2.05, 4.69) is 10.0 Å². The molecule has 2 fully saturated rings. The average Bonchev–Trinajstić information content (AvgIpc) is 3.24. The molecule has 172 valence electrons. The monoisotopic (exact) mass is 468 g/mol. The normalized spacial score (nSPS) is 25.8. The van der Waals surface area contributed by atoms with Gasteiger partial charge in [0, 0.05) is 22.5 Å². The Labute approximate surface area is 197 Å². The number of nitrogens with zero attached hydrogens (tertiary/aromatic N) is 4. The topological polar surface area (TPSA) is 105 Å². The van der Waals surface area contributed by atoms with Crippen LogP contribution in [0.2, 0.25) is 5.02 Å². The second-order valence-electron chi connectivity index (χ2n) is 8.42. The fourth-order valence-corrected chi connectivity index (χ4v) is 5.14. The number of cyclic esters (lactones) is 1. The Morgan fingerprint density at radius 1 is 1.21 bits per heavy atom. The predicted molar refractivity (Wildman–Crippen MR) is 123 cm³/mol. The Morgan fingerprint density at radius 2 is 1.88 bits per heavy atom. The van der Waals surface area contributed by atoms with Crippen molar-refractivity contribution in [3.8, 4) is 0 Å². The quantitative estimate of drug-likeness (QED) is 0.314. The molecule has 2 atom stereocenters. The number of halogens is 1. The van der Waals surface area contributed by atoms with E-state index in [1.54, 1.807) is 19.2 Å². The molecule has 1 heterocycles. The smallest absolute Gasteiger partial charge is 0.417 e. The summed E-state index contributed by atoms with van der Waals surface area (Å²) in [5.74, 6) is -0.560. The van der Waals surface area contributed by atoms with Crippen LogP contribution >= 0.6 is 11.6 Å². The molecule has 2 aromatic rings. The van der Waals surface area contributed by atoms with Gasteiger partial charge >= 0.3 is 6.09 Å². The third-order valence-electron chi connectivity index (χ3n) is 6.80. The second-order valence-corrected chi connectivity index (χ2v) is 8.85. The number of methoxy groups -OCH3 is 1. The van der Waals surface area contributed by atoms with Crippen molar-refractivity contribution in [1.29, 1.82) is 0 Å². The van der Waals surface area contributed by atoms with E-state index in [1.165, 1.54) is 0 Å². The number of rotatable bonds is 6. The molecule has 8 nitrogen and oxygen atoms in total. The molecule has 0 N–H and O–H groups in total. The van der Waals surface area contributed by atoms with Crippen LogP contribution in [-0.4, -0.2) is 42.8 Å². The van der Waals surface area contributed by atoms with E-state index in [0.717, 1.165) is 16.0 Å². The summed E-state index contributed by atoms with van der Waals surface area (Å²) in [5, 5.41) is 4.55. The fourth-order valence-electron chi connectivity index (χ4n) is 5.01. The molecule has 2 aliphatic rings. The van der Waals surface area contributed by atoms with Gasteiger partial charge in [-0.2, -0.15) is 0 Å². The largest absolute Gasteiger partial charge is 0.446 e. The first kappa shape index (κ1) is 23.1. The zero-order chi connectivity index (χ0) is 23.4. The maximum atomic E-state index is 13.9. The third kappa shape index (κ3) is 4.42. The molecule has 4 rings (SSSR count). The molecule has 1 saturated heterocycles. The van der Waals surface area contributed by atoms with E-state index in [9.17, 15) is 15.1 Å². The SMILES string of the molecule is CO[C@H]1CC[C@](c2ccc(Cl)cc2)([C@H](N=[N+]=[N-])C(=O)N2C(=O)OC[C@@H]2c2ccccc2)CC1. The van der Waals surface area contributed by atoms with Crippen molar-refractivity contribution >= 4 is 23.6 Å². The Morgan fingerprint density at radius 3 is 2.48 bits per heavy atom. The van der Waals surface area contributed by atoms with Crippen LogP contribution in [0.3, 0.4) is 0 Å². The first-order chi connectivity index (χ1) is 16.0. The van der Waals surface area contributed by atoms with E-state index >= 15 is 0 Å². The second kappa shape index (κ2) is 9.83. The van der Waals surface area contributed by atoms with Crippen LogP contribution in [0.4, 0.5) is 4.79 Å². The highest BCUT2D eigenvalue weighted by Crippen LogP contribution is 2.46. The van der Waals surface area contributed by atoms with Crippen molar-refractivity contribution in [2.24, 2.45) is 5.11 Å². The molecule has 1 aliphatic carbocycles. The molecule has 0 spiro atoms. The number of ether oxygens (including phenoxy) is 2. The molecule has 0 bridgehead atoms. The number of hydrogen-bond acceptors (Lipinski definition) is 5. The van der Waals surface area contributed by atoms with Gasteiger partial charge in [-0.05, 0) is 54.5 Å². The van der Waals surface area contributed by atoms with Crippen molar-refractivity contribution in [3.05, 3.63) is 81.2 Å². The highest BCUT2D eigenvalue weighted by atomic mass is 35.5. The van der Waals surface area contributed by atoms with E-state index in [0.29, 0.717) is 30.7 Å². The van der Waals surface area contributed by atoms with Gasteiger partial charge in [-0.3, -0.25) is 4.79 Å². The zero-order valence-electron chi connectivity index (χ0n) is 18.3. The van der Waals surface area contributed by atoms with Crippen LogP contribution in [0.15, 0.2) is 59.7 Å². The van der Waals surface area contributed by atoms with E-state index in [1.807, 2.05) is 42.5 Å². The standard InChI is InChI=1S/C24H25ClN4O4/c1-32-19-11-13-24(14-12-19,17-7-9-18(25)10-8-17)21(27-28-26)22(30)29-20(15-33-23(29)31)16-5-3-2-4-6-16/h2-10,19-21H,11-15H2,1H3/t19-,20-,21-,24-/m1/s1. The maximum Gasteiger partial charge on any atom is 0.417 e. The minimum atomic E-state index is -1.13. The lowest BCUT2D eigenvalue weighted by molar-refractivity contribution is -0.133. The summed E-state index contributed by atoms with van der Waals surface area (Å²) in [4.78, 5) is 30.7. The first-order valence-corrected chi connectivity index (χ1v) is 11.3. The third-order valence-corrected chi connectivity index (χ3v) is 7.05. The number of carbonyl (C=O) groups excluding carboxylic acids is 2. The average molecular weight is 469 g/mol. The summed E-state index contributed by atoms with van der Waals surface area (Å²) in [6.07, 6.45) is 1.82. The Balaban J connectivity index is 1.76. The van der Waals surface area contributed by atoms with Crippen molar-refractivity contribution in [2.45, 2.75) is 49.3 Å². The summed E-state index contributed by atoms with van der Waals surface area (Å²) in [6.45, 7) is 0.0528. The molecule has 2 amide bonds. The van der Waals surface area contributed by atoms with Gasteiger partial charge in [0.2, 0.25) is 5.91 Å². The number of imide groups is 1. The van der Waals surface area contributed by atoms with Gasteiger partial charge in [-0.1, -0.05) is 59.2 Å². The summed E-state index contributed by atoms with van der Waals surface area (Å²) in [6, 6.07) is 14.8. The van der Waals surface area contributed by atoms with Gasteiger partial charge in [0.1, 0.15) is 18.7 Å². The molecule has 33 heavy (non-hydrogen) atoms. The number of azide groups is 1. The van der Waals surface area contributed by atoms with Gasteiger partial charge in [0.15, 0.2) is 0 Å². The van der Waals surface area contributed by atoms with Crippen LogP contribution in [0, 0.1) is 0 Å². The summed E-state index contributed by atoms with van der Waals surface area (Å²) in [7, 11) is 1.67. The van der Waals surface area contributed by atoms with Gasteiger partial charge in [-0.15, -0.1) is 0 Å². The van der Waals surface area contributed by atoms with E-state index < -0.39 is 29.5 Å². The van der Waals surface area contributed by atoms with Crippen LogP contribution in [-0.2, 0) is 19.7 Å². The highest BCUT2D eigenvalue weighted by Gasteiger charge is 2.51. The van der Waals surface area contributed by atoms with E-state index in [4.69, 9.17) is 21.1 Å². The lowest BCUT2D eigenvalue weighted by Crippen LogP contribution is -2.52. The van der Waals surface area contributed by atoms with Crippen molar-refractivity contribution in [1.82, 2.24) is 4.90 Å². The molecular formula is C24H25ClN4O4. The summed E-state index contributed by atoms with van der Waals surface area (Å²) >= 11 is 6.12. The Kier molecular flexibility index (Phi) is 6.88. The fraction of sp³-hybridized carbons (Fsp3) is 0.417. The van der Waals surface area contributed by atoms with Gasteiger partial charge in [-0.25, -0.2) is 9.69 Å². The highest BCUT2D eigenvalue weighted by molar-refractivity contribution is 6.30. The van der Waals surface area contributed by atoms with Gasteiger partial charge in [0.25, 0.3) is 0 Å². The molecule has 1 saturated carbocycles. The van der Waals surface area contributed by atoms with Crippen LogP contribution < -0.4 is 0 Å². The van der Waals surface area contributed by atoms with Crippen molar-refractivity contribution < 1.29 is 19.1 Å². The molecule has 0 unspecified atom stereocenters. The summed E-state index contributed by atoms with van der Waals surface area (Å²) in [5.41, 5.74) is 10.3. The lowest BCUT2D eigenvalue weighted by atomic mass is 9.64. The van der Waals surface area contributed by atoms with Crippen LogP contribution in [0.5, 0.6) is 0 Å². The summed E-state index contributed by atoms with van der Waals surface area (Å²) < 4.78 is 10.8. The molecular weight excluding hydrogens is 444 g/mol. The predicted octanol–water partition coefficient (Wildman–Crippen LogP) is 5.57. The lowest BCUT2D eigenvalue weighted by Gasteiger charge is -2.44. The van der Waals surface area contributed by atoms with Crippen molar-refractivity contribution in [3.63, 3.8) is 0 Å². The number of benzene rings is 2. The minimum absolute atomic E-state index is 0.0528. The van der Waals surface area contributed by atoms with E-state index in [-0.39, 0.29) is 12.7 Å².